The molecule has 0 radical (unpaired) electrons. The molecule has 1 amide bonds. The molecule has 0 bridgehead atoms. The smallest absolute Gasteiger partial charge is 0.481 e. The van der Waals surface area contributed by atoms with Crippen molar-refractivity contribution in [2.75, 3.05) is 7.11 Å². The fourth-order valence-electron chi connectivity index (χ4n) is 2.07. The van der Waals surface area contributed by atoms with E-state index in [2.05, 4.69) is 15.0 Å². The first-order chi connectivity index (χ1) is 11.7. The van der Waals surface area contributed by atoms with Crippen LogP contribution >= 0.6 is 11.6 Å². The molecule has 0 aliphatic heterocycles. The second-order valence-corrected chi connectivity index (χ2v) is 5.18. The van der Waals surface area contributed by atoms with Crippen LogP contribution in [0.2, 0.25) is 5.02 Å². The number of halogens is 4. The summed E-state index contributed by atoms with van der Waals surface area (Å²) in [6.45, 7) is -0.186. The largest absolute Gasteiger partial charge is 0.573 e. The molecule has 25 heavy (non-hydrogen) atoms. The van der Waals surface area contributed by atoms with Gasteiger partial charge in [-0.2, -0.15) is 0 Å². The third kappa shape index (κ3) is 5.15. The van der Waals surface area contributed by atoms with Gasteiger partial charge in [0.25, 0.3) is 0 Å². The van der Waals surface area contributed by atoms with Crippen LogP contribution in [0.3, 0.4) is 0 Å². The Bertz CT molecular complexity index is 784. The fourth-order valence-corrected chi connectivity index (χ4v) is 2.23. The maximum atomic E-state index is 12.7. The van der Waals surface area contributed by atoms with Crippen LogP contribution in [-0.2, 0) is 6.54 Å². The van der Waals surface area contributed by atoms with Gasteiger partial charge in [-0.05, 0) is 17.7 Å². The van der Waals surface area contributed by atoms with E-state index >= 15 is 0 Å². The molecule has 0 spiro atoms. The number of nitrogens with zero attached hydrogens (tertiary/aromatic N) is 1. The Morgan fingerprint density at radius 3 is 2.64 bits per heavy atom. The second-order valence-electron chi connectivity index (χ2n) is 4.75. The normalized spacial score (nSPS) is 11.1. The van der Waals surface area contributed by atoms with Crippen molar-refractivity contribution in [1.29, 1.82) is 0 Å². The molecular weight excluding hydrogens is 365 g/mol. The van der Waals surface area contributed by atoms with Crippen LogP contribution in [0.4, 0.5) is 18.0 Å². The molecule has 0 saturated carbocycles. The van der Waals surface area contributed by atoms with Gasteiger partial charge in [-0.3, -0.25) is 0 Å². The minimum Gasteiger partial charge on any atom is -0.481 e. The molecule has 0 atom stereocenters. The zero-order valence-electron chi connectivity index (χ0n) is 12.7. The van der Waals surface area contributed by atoms with Crippen LogP contribution in [0.25, 0.3) is 11.1 Å². The Morgan fingerprint density at radius 2 is 2.04 bits per heavy atom. The summed E-state index contributed by atoms with van der Waals surface area (Å²) in [4.78, 5) is 14.4. The van der Waals surface area contributed by atoms with Gasteiger partial charge in [0, 0.05) is 23.9 Å². The SMILES string of the molecule is COc1ncc(Cl)cc1-c1ccc(CNC(=O)O)cc1OC(F)(F)F. The van der Waals surface area contributed by atoms with E-state index in [1.807, 2.05) is 0 Å². The van der Waals surface area contributed by atoms with Gasteiger partial charge in [0.1, 0.15) is 5.75 Å². The van der Waals surface area contributed by atoms with Gasteiger partial charge in [0.2, 0.25) is 5.88 Å². The Hall–Kier alpha value is -2.68. The maximum Gasteiger partial charge on any atom is 0.573 e. The van der Waals surface area contributed by atoms with Gasteiger partial charge < -0.3 is 19.9 Å². The highest BCUT2D eigenvalue weighted by molar-refractivity contribution is 6.30. The molecule has 0 unspecified atom stereocenters. The molecule has 1 aromatic heterocycles. The van der Waals surface area contributed by atoms with Gasteiger partial charge in [0.15, 0.2) is 0 Å². The number of pyridine rings is 1. The summed E-state index contributed by atoms with van der Waals surface area (Å²) in [6.07, 6.45) is -4.95. The number of nitrogens with one attached hydrogen (secondary N) is 1. The number of alkyl halides is 3. The van der Waals surface area contributed by atoms with E-state index in [0.717, 1.165) is 6.07 Å². The predicted octanol–water partition coefficient (Wildman–Crippen LogP) is 4.08. The summed E-state index contributed by atoms with van der Waals surface area (Å²) in [5, 5.41) is 10.9. The Balaban J connectivity index is 2.52. The summed E-state index contributed by atoms with van der Waals surface area (Å²) in [6, 6.07) is 5.27. The predicted molar refractivity (Wildman–Crippen MR) is 82.8 cm³/mol. The number of amides is 1. The lowest BCUT2D eigenvalue weighted by Gasteiger charge is -2.16. The molecule has 10 heteroatoms. The number of benzene rings is 1. The van der Waals surface area contributed by atoms with E-state index in [0.29, 0.717) is 0 Å². The fraction of sp³-hybridized carbons (Fsp3) is 0.200. The van der Waals surface area contributed by atoms with E-state index in [1.165, 1.54) is 31.5 Å². The molecule has 0 saturated heterocycles. The van der Waals surface area contributed by atoms with Crippen molar-refractivity contribution in [2.45, 2.75) is 12.9 Å². The first-order valence-electron chi connectivity index (χ1n) is 6.75. The minimum absolute atomic E-state index is 0.0447. The molecule has 134 valence electrons. The highest BCUT2D eigenvalue weighted by Crippen LogP contribution is 2.39. The molecule has 0 aliphatic carbocycles. The van der Waals surface area contributed by atoms with E-state index < -0.39 is 18.2 Å². The molecule has 0 aliphatic rings. The number of carboxylic acid groups (broad SMARTS) is 1. The van der Waals surface area contributed by atoms with Crippen molar-refractivity contribution in [3.8, 4) is 22.8 Å². The number of methoxy groups -OCH3 is 1. The van der Waals surface area contributed by atoms with E-state index in [1.54, 1.807) is 0 Å². The van der Waals surface area contributed by atoms with Gasteiger partial charge in [0.05, 0.1) is 12.1 Å². The average Bonchev–Trinajstić information content (AvgIpc) is 2.51. The highest BCUT2D eigenvalue weighted by Gasteiger charge is 2.33. The van der Waals surface area contributed by atoms with E-state index in [9.17, 15) is 18.0 Å². The first kappa shape index (κ1) is 18.7. The molecule has 1 heterocycles. The molecule has 2 rings (SSSR count). The lowest BCUT2D eigenvalue weighted by Crippen LogP contribution is -2.21. The van der Waals surface area contributed by atoms with Crippen LogP contribution in [0.15, 0.2) is 30.5 Å². The van der Waals surface area contributed by atoms with Crippen LogP contribution in [0.1, 0.15) is 5.56 Å². The average molecular weight is 377 g/mol. The number of aromatic nitrogens is 1. The standard InChI is InChI=1S/C15H12ClF3N2O4/c1-24-13-11(5-9(16)7-20-13)10-3-2-8(6-21-14(22)23)4-12(10)25-15(17,18)19/h2-5,7,21H,6H2,1H3,(H,22,23). The summed E-state index contributed by atoms with van der Waals surface area (Å²) >= 11 is 5.87. The monoisotopic (exact) mass is 376 g/mol. The number of hydrogen-bond acceptors (Lipinski definition) is 4. The molecule has 2 N–H and O–H groups in total. The van der Waals surface area contributed by atoms with Crippen LogP contribution in [-0.4, -0.2) is 29.7 Å². The quantitative estimate of drug-likeness (QED) is 0.822. The molecule has 6 nitrogen and oxygen atoms in total. The van der Waals surface area contributed by atoms with Gasteiger partial charge in [-0.15, -0.1) is 13.2 Å². The topological polar surface area (TPSA) is 80.7 Å². The van der Waals surface area contributed by atoms with Crippen molar-refractivity contribution in [2.24, 2.45) is 0 Å². The van der Waals surface area contributed by atoms with Crippen LogP contribution in [0.5, 0.6) is 11.6 Å². The number of carbonyl (C=O) groups is 1. The maximum absolute atomic E-state index is 12.7. The summed E-state index contributed by atoms with van der Waals surface area (Å²) in [5.41, 5.74) is 0.523. The lowest BCUT2D eigenvalue weighted by molar-refractivity contribution is -0.274. The van der Waals surface area contributed by atoms with E-state index in [4.69, 9.17) is 21.4 Å². The lowest BCUT2D eigenvalue weighted by atomic mass is 10.0. The van der Waals surface area contributed by atoms with Crippen molar-refractivity contribution in [1.82, 2.24) is 10.3 Å². The van der Waals surface area contributed by atoms with Crippen molar-refractivity contribution >= 4 is 17.7 Å². The van der Waals surface area contributed by atoms with Crippen molar-refractivity contribution < 1.29 is 32.5 Å². The van der Waals surface area contributed by atoms with Crippen molar-refractivity contribution in [3.05, 3.63) is 41.0 Å². The molecular formula is C15H12ClF3N2O4. The minimum atomic E-state index is -4.94. The van der Waals surface area contributed by atoms with Crippen LogP contribution < -0.4 is 14.8 Å². The zero-order valence-corrected chi connectivity index (χ0v) is 13.5. The number of hydrogen-bond donors (Lipinski definition) is 2. The Labute approximate surface area is 145 Å². The number of ether oxygens (including phenoxy) is 2. The summed E-state index contributed by atoms with van der Waals surface area (Å²) in [7, 11) is 1.31. The summed E-state index contributed by atoms with van der Waals surface area (Å²) < 4.78 is 47.3. The second kappa shape index (κ2) is 7.47. The van der Waals surface area contributed by atoms with Gasteiger partial charge in [-0.1, -0.05) is 23.7 Å². The first-order valence-corrected chi connectivity index (χ1v) is 7.13. The molecule has 1 aromatic carbocycles. The molecule has 0 fully saturated rings. The third-order valence-corrected chi connectivity index (χ3v) is 3.22. The number of rotatable bonds is 5. The Morgan fingerprint density at radius 1 is 1.32 bits per heavy atom. The highest BCUT2D eigenvalue weighted by atomic mass is 35.5. The van der Waals surface area contributed by atoms with Crippen molar-refractivity contribution in [3.63, 3.8) is 0 Å². The third-order valence-electron chi connectivity index (χ3n) is 3.02. The Kier molecular flexibility index (Phi) is 5.58. The summed E-state index contributed by atoms with van der Waals surface area (Å²) in [5.74, 6) is -0.465. The van der Waals surface area contributed by atoms with Crippen LogP contribution in [0, 0.1) is 0 Å². The van der Waals surface area contributed by atoms with Gasteiger partial charge in [-0.25, -0.2) is 9.78 Å². The zero-order chi connectivity index (χ0) is 18.6. The van der Waals surface area contributed by atoms with Gasteiger partial charge >= 0.3 is 12.5 Å². The van der Waals surface area contributed by atoms with E-state index in [-0.39, 0.29) is 34.1 Å². The molecule has 2 aromatic rings.